The molecule has 0 radical (unpaired) electrons. The van der Waals surface area contributed by atoms with Gasteiger partial charge in [0.15, 0.2) is 5.69 Å². The number of hydrogen-bond donors (Lipinski definition) is 1. The molecule has 1 N–H and O–H groups in total. The number of benzene rings is 1. The molecule has 0 atom stereocenters. The van der Waals surface area contributed by atoms with Crippen molar-refractivity contribution in [3.8, 4) is 5.69 Å². The largest absolute Gasteiger partial charge is 0.434 e. The van der Waals surface area contributed by atoms with Gasteiger partial charge in [0.1, 0.15) is 0 Å². The molecular formula is C13H11ClF3N3O. The summed E-state index contributed by atoms with van der Waals surface area (Å²) in [5.41, 5.74) is -1.46. The minimum Gasteiger partial charge on any atom is -0.352 e. The Morgan fingerprint density at radius 2 is 1.95 bits per heavy atom. The van der Waals surface area contributed by atoms with Crippen molar-refractivity contribution in [1.29, 1.82) is 0 Å². The second kappa shape index (κ2) is 5.77. The van der Waals surface area contributed by atoms with Crippen LogP contribution in [0.3, 0.4) is 0 Å². The summed E-state index contributed by atoms with van der Waals surface area (Å²) in [6.45, 7) is 1.84. The molecule has 112 valence electrons. The van der Waals surface area contributed by atoms with Crippen LogP contribution in [0.1, 0.15) is 23.0 Å². The molecule has 4 nitrogen and oxygen atoms in total. The number of nitrogens with one attached hydrogen (secondary N) is 1. The zero-order chi connectivity index (χ0) is 15.6. The summed E-state index contributed by atoms with van der Waals surface area (Å²) in [5, 5.41) is 6.41. The molecule has 0 aliphatic carbocycles. The third-order valence-corrected chi connectivity index (χ3v) is 2.94. The molecule has 0 aliphatic rings. The highest BCUT2D eigenvalue weighted by Gasteiger charge is 2.40. The zero-order valence-corrected chi connectivity index (χ0v) is 11.7. The Morgan fingerprint density at radius 3 is 2.48 bits per heavy atom. The number of nitrogens with zero attached hydrogens (tertiary/aromatic N) is 2. The Balaban J connectivity index is 2.57. The molecule has 2 rings (SSSR count). The van der Waals surface area contributed by atoms with Crippen molar-refractivity contribution in [3.63, 3.8) is 0 Å². The molecule has 8 heteroatoms. The number of hydrogen-bond acceptors (Lipinski definition) is 2. The number of rotatable bonds is 3. The van der Waals surface area contributed by atoms with Crippen molar-refractivity contribution in [2.45, 2.75) is 13.1 Å². The van der Waals surface area contributed by atoms with E-state index in [2.05, 4.69) is 10.4 Å². The van der Waals surface area contributed by atoms with Crippen molar-refractivity contribution >= 4 is 17.5 Å². The van der Waals surface area contributed by atoms with Crippen LogP contribution in [0.5, 0.6) is 0 Å². The van der Waals surface area contributed by atoms with E-state index in [1.807, 2.05) is 0 Å². The van der Waals surface area contributed by atoms with Gasteiger partial charge in [0.2, 0.25) is 0 Å². The first-order chi connectivity index (χ1) is 9.84. The van der Waals surface area contributed by atoms with E-state index >= 15 is 0 Å². The van der Waals surface area contributed by atoms with Gasteiger partial charge in [-0.1, -0.05) is 11.6 Å². The van der Waals surface area contributed by atoms with Gasteiger partial charge >= 0.3 is 6.18 Å². The molecule has 0 saturated heterocycles. The van der Waals surface area contributed by atoms with Crippen LogP contribution in [-0.2, 0) is 6.18 Å². The van der Waals surface area contributed by atoms with Crippen LogP contribution in [0.4, 0.5) is 13.2 Å². The molecule has 0 spiro atoms. The summed E-state index contributed by atoms with van der Waals surface area (Å²) in [4.78, 5) is 11.7. The van der Waals surface area contributed by atoms with Gasteiger partial charge in [-0.15, -0.1) is 0 Å². The average Bonchev–Trinajstić information content (AvgIpc) is 2.84. The maximum absolute atomic E-state index is 13.2. The molecule has 1 amide bonds. The van der Waals surface area contributed by atoms with Gasteiger partial charge in [-0.05, 0) is 31.2 Å². The SMILES string of the molecule is CCNC(=O)c1cnn(-c2ccc(Cl)cc2)c1C(F)(F)F. The first kappa shape index (κ1) is 15.4. The van der Waals surface area contributed by atoms with Crippen LogP contribution in [0.25, 0.3) is 5.69 Å². The lowest BCUT2D eigenvalue weighted by molar-refractivity contribution is -0.143. The Hall–Kier alpha value is -2.02. The second-order valence-corrected chi connectivity index (χ2v) is 4.59. The summed E-state index contributed by atoms with van der Waals surface area (Å²) in [6.07, 6.45) is -3.81. The van der Waals surface area contributed by atoms with Crippen LogP contribution in [0, 0.1) is 0 Å². The average molecular weight is 318 g/mol. The summed E-state index contributed by atoms with van der Waals surface area (Å²) >= 11 is 5.71. The normalized spacial score (nSPS) is 11.5. The third kappa shape index (κ3) is 3.18. The van der Waals surface area contributed by atoms with E-state index in [1.165, 1.54) is 24.3 Å². The Bertz CT molecular complexity index is 650. The Morgan fingerprint density at radius 1 is 1.33 bits per heavy atom. The van der Waals surface area contributed by atoms with Gasteiger partial charge in [0.25, 0.3) is 5.91 Å². The lowest BCUT2D eigenvalue weighted by Crippen LogP contribution is -2.26. The van der Waals surface area contributed by atoms with Gasteiger partial charge in [-0.25, -0.2) is 4.68 Å². The quantitative estimate of drug-likeness (QED) is 0.944. The van der Waals surface area contributed by atoms with Gasteiger partial charge in [0.05, 0.1) is 17.4 Å². The molecule has 0 unspecified atom stereocenters. The number of amides is 1. The van der Waals surface area contributed by atoms with Crippen molar-refractivity contribution < 1.29 is 18.0 Å². The second-order valence-electron chi connectivity index (χ2n) is 4.15. The number of aromatic nitrogens is 2. The van der Waals surface area contributed by atoms with Crippen molar-refractivity contribution in [1.82, 2.24) is 15.1 Å². The minimum absolute atomic E-state index is 0.169. The summed E-state index contributed by atoms with van der Waals surface area (Å²) < 4.78 is 40.4. The predicted molar refractivity (Wildman–Crippen MR) is 71.6 cm³/mol. The van der Waals surface area contributed by atoms with E-state index < -0.39 is 23.3 Å². The lowest BCUT2D eigenvalue weighted by Gasteiger charge is -2.12. The van der Waals surface area contributed by atoms with Crippen LogP contribution in [-0.4, -0.2) is 22.2 Å². The van der Waals surface area contributed by atoms with Crippen LogP contribution in [0.2, 0.25) is 5.02 Å². The molecule has 1 aromatic carbocycles. The van der Waals surface area contributed by atoms with Crippen molar-refractivity contribution in [2.75, 3.05) is 6.54 Å². The minimum atomic E-state index is -4.71. The first-order valence-corrected chi connectivity index (χ1v) is 6.41. The Labute approximate surface area is 123 Å². The highest BCUT2D eigenvalue weighted by Crippen LogP contribution is 2.33. The number of halogens is 4. The topological polar surface area (TPSA) is 46.9 Å². The fraction of sp³-hybridized carbons (Fsp3) is 0.231. The summed E-state index contributed by atoms with van der Waals surface area (Å²) in [7, 11) is 0. The fourth-order valence-corrected chi connectivity index (χ4v) is 1.95. The molecule has 0 aliphatic heterocycles. The monoisotopic (exact) mass is 317 g/mol. The zero-order valence-electron chi connectivity index (χ0n) is 10.9. The fourth-order valence-electron chi connectivity index (χ4n) is 1.82. The van der Waals surface area contributed by atoms with Crippen molar-refractivity contribution in [3.05, 3.63) is 46.7 Å². The van der Waals surface area contributed by atoms with E-state index in [0.717, 1.165) is 6.20 Å². The molecule has 0 fully saturated rings. The van der Waals surface area contributed by atoms with Gasteiger partial charge in [-0.2, -0.15) is 18.3 Å². The highest BCUT2D eigenvalue weighted by atomic mass is 35.5. The van der Waals surface area contributed by atoms with Crippen LogP contribution >= 0.6 is 11.6 Å². The molecule has 0 bridgehead atoms. The maximum atomic E-state index is 13.2. The standard InChI is InChI=1S/C13H11ClF3N3O/c1-2-18-12(21)10-7-19-20(11(10)13(15,16)17)9-5-3-8(14)4-6-9/h3-7H,2H2,1H3,(H,18,21). The maximum Gasteiger partial charge on any atom is 0.434 e. The predicted octanol–water partition coefficient (Wildman–Crippen LogP) is 3.29. The van der Waals surface area contributed by atoms with E-state index in [-0.39, 0.29) is 12.2 Å². The Kier molecular flexibility index (Phi) is 4.22. The van der Waals surface area contributed by atoms with Crippen molar-refractivity contribution in [2.24, 2.45) is 0 Å². The summed E-state index contributed by atoms with van der Waals surface area (Å²) in [6, 6.07) is 5.69. The van der Waals surface area contributed by atoms with Gasteiger partial charge in [0, 0.05) is 11.6 Å². The number of alkyl halides is 3. The molecule has 21 heavy (non-hydrogen) atoms. The number of carbonyl (C=O) groups is 1. The highest BCUT2D eigenvalue weighted by molar-refractivity contribution is 6.30. The molecule has 1 aromatic heterocycles. The van der Waals surface area contributed by atoms with E-state index in [9.17, 15) is 18.0 Å². The smallest absolute Gasteiger partial charge is 0.352 e. The van der Waals surface area contributed by atoms with Crippen LogP contribution in [0.15, 0.2) is 30.5 Å². The van der Waals surface area contributed by atoms with E-state index in [0.29, 0.717) is 9.70 Å². The van der Waals surface area contributed by atoms with E-state index in [4.69, 9.17) is 11.6 Å². The molecular weight excluding hydrogens is 307 g/mol. The van der Waals surface area contributed by atoms with Gasteiger partial charge in [-0.3, -0.25) is 4.79 Å². The summed E-state index contributed by atoms with van der Waals surface area (Å²) in [5.74, 6) is -0.815. The molecule has 0 saturated carbocycles. The van der Waals surface area contributed by atoms with Crippen LogP contribution < -0.4 is 5.32 Å². The lowest BCUT2D eigenvalue weighted by atomic mass is 10.2. The number of carbonyl (C=O) groups excluding carboxylic acids is 1. The molecule has 1 heterocycles. The van der Waals surface area contributed by atoms with Gasteiger partial charge < -0.3 is 5.32 Å². The first-order valence-electron chi connectivity index (χ1n) is 6.04. The van der Waals surface area contributed by atoms with E-state index in [1.54, 1.807) is 6.92 Å². The third-order valence-electron chi connectivity index (χ3n) is 2.69. The molecule has 2 aromatic rings.